The van der Waals surface area contributed by atoms with Crippen molar-refractivity contribution < 1.29 is 9.53 Å². The summed E-state index contributed by atoms with van der Waals surface area (Å²) >= 11 is 0. The SMILES string of the molecule is CCNCCOC(C)C(=O)NCC. The molecule has 0 rings (SSSR count). The van der Waals surface area contributed by atoms with Crippen molar-refractivity contribution in [1.29, 1.82) is 0 Å². The smallest absolute Gasteiger partial charge is 0.248 e. The fourth-order valence-electron chi connectivity index (χ4n) is 0.878. The fraction of sp³-hybridized carbons (Fsp3) is 0.889. The minimum absolute atomic E-state index is 0.0426. The third-order valence-corrected chi connectivity index (χ3v) is 1.62. The molecule has 13 heavy (non-hydrogen) atoms. The highest BCUT2D eigenvalue weighted by atomic mass is 16.5. The number of ether oxygens (including phenoxy) is 1. The number of hydrogen-bond acceptors (Lipinski definition) is 3. The van der Waals surface area contributed by atoms with E-state index in [0.717, 1.165) is 13.1 Å². The van der Waals surface area contributed by atoms with Crippen LogP contribution in [-0.2, 0) is 9.53 Å². The highest BCUT2D eigenvalue weighted by Gasteiger charge is 2.10. The Morgan fingerprint density at radius 1 is 1.38 bits per heavy atom. The zero-order chi connectivity index (χ0) is 10.1. The highest BCUT2D eigenvalue weighted by Crippen LogP contribution is 1.89. The number of carbonyl (C=O) groups excluding carboxylic acids is 1. The molecule has 4 heteroatoms. The maximum Gasteiger partial charge on any atom is 0.248 e. The van der Waals surface area contributed by atoms with Crippen molar-refractivity contribution in [3.05, 3.63) is 0 Å². The first-order valence-electron chi connectivity index (χ1n) is 4.82. The van der Waals surface area contributed by atoms with Crippen LogP contribution in [0.5, 0.6) is 0 Å². The molecule has 0 aliphatic rings. The third kappa shape index (κ3) is 6.54. The van der Waals surface area contributed by atoms with Gasteiger partial charge in [0.15, 0.2) is 0 Å². The maximum atomic E-state index is 11.2. The fourth-order valence-corrected chi connectivity index (χ4v) is 0.878. The normalized spacial score (nSPS) is 12.5. The van der Waals surface area contributed by atoms with E-state index in [1.54, 1.807) is 6.92 Å². The number of rotatable bonds is 7. The van der Waals surface area contributed by atoms with Gasteiger partial charge in [-0.1, -0.05) is 6.92 Å². The van der Waals surface area contributed by atoms with E-state index in [1.807, 2.05) is 13.8 Å². The predicted molar refractivity (Wildman–Crippen MR) is 52.6 cm³/mol. The van der Waals surface area contributed by atoms with Gasteiger partial charge < -0.3 is 15.4 Å². The lowest BCUT2D eigenvalue weighted by Gasteiger charge is -2.12. The molecule has 0 aromatic carbocycles. The lowest BCUT2D eigenvalue weighted by molar-refractivity contribution is -0.131. The molecule has 0 aromatic heterocycles. The number of carbonyl (C=O) groups is 1. The Hall–Kier alpha value is -0.610. The largest absolute Gasteiger partial charge is 0.367 e. The van der Waals surface area contributed by atoms with E-state index < -0.39 is 0 Å². The molecule has 0 saturated carbocycles. The van der Waals surface area contributed by atoms with Gasteiger partial charge in [-0.15, -0.1) is 0 Å². The van der Waals surface area contributed by atoms with Gasteiger partial charge >= 0.3 is 0 Å². The standard InChI is InChI=1S/C9H20N2O2/c1-4-10-6-7-13-8(3)9(12)11-5-2/h8,10H,4-7H2,1-3H3,(H,11,12). The molecule has 78 valence electrons. The van der Waals surface area contributed by atoms with E-state index in [4.69, 9.17) is 4.74 Å². The van der Waals surface area contributed by atoms with Gasteiger partial charge in [0, 0.05) is 13.1 Å². The quantitative estimate of drug-likeness (QED) is 0.559. The van der Waals surface area contributed by atoms with Crippen LogP contribution < -0.4 is 10.6 Å². The summed E-state index contributed by atoms with van der Waals surface area (Å²) in [4.78, 5) is 11.2. The minimum Gasteiger partial charge on any atom is -0.367 e. The van der Waals surface area contributed by atoms with Gasteiger partial charge in [-0.05, 0) is 20.4 Å². The first-order chi connectivity index (χ1) is 6.22. The van der Waals surface area contributed by atoms with E-state index in [9.17, 15) is 4.79 Å². The Bertz CT molecular complexity index is 140. The van der Waals surface area contributed by atoms with Crippen LogP contribution in [0.25, 0.3) is 0 Å². The molecule has 0 aromatic rings. The van der Waals surface area contributed by atoms with E-state index in [0.29, 0.717) is 13.2 Å². The van der Waals surface area contributed by atoms with Crippen LogP contribution >= 0.6 is 0 Å². The maximum absolute atomic E-state index is 11.2. The Morgan fingerprint density at radius 3 is 2.62 bits per heavy atom. The second-order valence-corrected chi connectivity index (χ2v) is 2.76. The molecule has 0 fully saturated rings. The van der Waals surface area contributed by atoms with Gasteiger partial charge in [0.05, 0.1) is 6.61 Å². The Labute approximate surface area is 80.0 Å². The molecule has 0 spiro atoms. The van der Waals surface area contributed by atoms with Crippen LogP contribution in [0.3, 0.4) is 0 Å². The van der Waals surface area contributed by atoms with E-state index in [-0.39, 0.29) is 12.0 Å². The van der Waals surface area contributed by atoms with E-state index in [2.05, 4.69) is 10.6 Å². The molecule has 4 nitrogen and oxygen atoms in total. The van der Waals surface area contributed by atoms with Gasteiger partial charge in [-0.3, -0.25) is 4.79 Å². The summed E-state index contributed by atoms with van der Waals surface area (Å²) in [5.41, 5.74) is 0. The van der Waals surface area contributed by atoms with Crippen molar-refractivity contribution in [2.45, 2.75) is 26.9 Å². The molecule has 0 saturated heterocycles. The van der Waals surface area contributed by atoms with Gasteiger partial charge in [-0.25, -0.2) is 0 Å². The number of hydrogen-bond donors (Lipinski definition) is 2. The topological polar surface area (TPSA) is 50.4 Å². The summed E-state index contributed by atoms with van der Waals surface area (Å²) < 4.78 is 5.28. The average molecular weight is 188 g/mol. The van der Waals surface area contributed by atoms with Crippen LogP contribution in [0.4, 0.5) is 0 Å². The van der Waals surface area contributed by atoms with Crippen molar-refractivity contribution >= 4 is 5.91 Å². The van der Waals surface area contributed by atoms with E-state index >= 15 is 0 Å². The van der Waals surface area contributed by atoms with E-state index in [1.165, 1.54) is 0 Å². The Balaban J connectivity index is 3.38. The Kier molecular flexibility index (Phi) is 7.63. The zero-order valence-electron chi connectivity index (χ0n) is 8.72. The van der Waals surface area contributed by atoms with Crippen LogP contribution in [0, 0.1) is 0 Å². The predicted octanol–water partition coefficient (Wildman–Crippen LogP) is 0.137. The summed E-state index contributed by atoms with van der Waals surface area (Å²) in [6, 6.07) is 0. The van der Waals surface area contributed by atoms with Gasteiger partial charge in [0.2, 0.25) is 5.91 Å². The molecule has 1 amide bonds. The van der Waals surface area contributed by atoms with Crippen molar-refractivity contribution in [1.82, 2.24) is 10.6 Å². The van der Waals surface area contributed by atoms with Crippen molar-refractivity contribution in [3.8, 4) is 0 Å². The first kappa shape index (κ1) is 12.4. The number of amides is 1. The summed E-state index contributed by atoms with van der Waals surface area (Å²) in [5, 5.41) is 5.82. The van der Waals surface area contributed by atoms with Gasteiger partial charge in [0.1, 0.15) is 6.10 Å². The van der Waals surface area contributed by atoms with Gasteiger partial charge in [-0.2, -0.15) is 0 Å². The number of nitrogens with one attached hydrogen (secondary N) is 2. The highest BCUT2D eigenvalue weighted by molar-refractivity contribution is 5.80. The monoisotopic (exact) mass is 188 g/mol. The molecule has 2 N–H and O–H groups in total. The lowest BCUT2D eigenvalue weighted by Crippen LogP contribution is -2.35. The third-order valence-electron chi connectivity index (χ3n) is 1.62. The molecule has 1 unspecified atom stereocenters. The molecule has 0 aliphatic heterocycles. The van der Waals surface area contributed by atoms with Crippen LogP contribution in [0.2, 0.25) is 0 Å². The minimum atomic E-state index is -0.349. The number of likely N-dealkylation sites (N-methyl/N-ethyl adjacent to an activating group) is 2. The molecular weight excluding hydrogens is 168 g/mol. The summed E-state index contributed by atoms with van der Waals surface area (Å²) in [6.45, 7) is 8.64. The average Bonchev–Trinajstić information content (AvgIpc) is 2.12. The van der Waals surface area contributed by atoms with Crippen LogP contribution in [0.15, 0.2) is 0 Å². The molecule has 0 heterocycles. The van der Waals surface area contributed by atoms with Gasteiger partial charge in [0.25, 0.3) is 0 Å². The summed E-state index contributed by atoms with van der Waals surface area (Å²) in [5.74, 6) is -0.0426. The van der Waals surface area contributed by atoms with Crippen LogP contribution in [-0.4, -0.2) is 38.3 Å². The van der Waals surface area contributed by atoms with Crippen molar-refractivity contribution in [3.63, 3.8) is 0 Å². The second kappa shape index (κ2) is 8.01. The molecular formula is C9H20N2O2. The molecule has 0 aliphatic carbocycles. The zero-order valence-corrected chi connectivity index (χ0v) is 8.72. The molecule has 1 atom stereocenters. The van der Waals surface area contributed by atoms with Crippen molar-refractivity contribution in [2.24, 2.45) is 0 Å². The van der Waals surface area contributed by atoms with Crippen LogP contribution in [0.1, 0.15) is 20.8 Å². The Morgan fingerprint density at radius 2 is 2.08 bits per heavy atom. The summed E-state index contributed by atoms with van der Waals surface area (Å²) in [6.07, 6.45) is -0.349. The molecule has 0 bridgehead atoms. The molecule has 0 radical (unpaired) electrons. The summed E-state index contributed by atoms with van der Waals surface area (Å²) in [7, 11) is 0. The lowest BCUT2D eigenvalue weighted by atomic mass is 10.4. The first-order valence-corrected chi connectivity index (χ1v) is 4.82. The van der Waals surface area contributed by atoms with Crippen molar-refractivity contribution in [2.75, 3.05) is 26.2 Å². The second-order valence-electron chi connectivity index (χ2n) is 2.76.